The molecule has 5 N–H and O–H groups in total. The number of nitrogens with two attached hydrogens (primary N) is 1. The molecule has 0 saturated carbocycles. The lowest BCUT2D eigenvalue weighted by molar-refractivity contribution is -0.123. The fourth-order valence-electron chi connectivity index (χ4n) is 1.04. The molecule has 1 heterocycles. The summed E-state index contributed by atoms with van der Waals surface area (Å²) in [7, 11) is 0. The van der Waals surface area contributed by atoms with Gasteiger partial charge in [0.2, 0.25) is 5.91 Å². The summed E-state index contributed by atoms with van der Waals surface area (Å²) in [5.41, 5.74) is 5.89. The predicted molar refractivity (Wildman–Crippen MR) is 52.7 cm³/mol. The molecule has 0 aromatic carbocycles. The largest absolute Gasteiger partial charge is 0.396 e. The van der Waals surface area contributed by atoms with Crippen LogP contribution in [0.15, 0.2) is 12.4 Å². The zero-order valence-corrected chi connectivity index (χ0v) is 8.13. The maximum Gasteiger partial charge on any atom is 0.242 e. The van der Waals surface area contributed by atoms with E-state index < -0.39 is 6.04 Å². The van der Waals surface area contributed by atoms with Crippen LogP contribution < -0.4 is 11.1 Å². The molecule has 1 aromatic rings. The average molecular weight is 214 g/mol. The van der Waals surface area contributed by atoms with Crippen LogP contribution in [-0.2, 0) is 11.3 Å². The molecule has 1 rings (SSSR count). The number of amides is 1. The van der Waals surface area contributed by atoms with Gasteiger partial charge in [-0.3, -0.25) is 9.48 Å². The molecule has 0 unspecified atom stereocenters. The van der Waals surface area contributed by atoms with Gasteiger partial charge in [-0.2, -0.15) is 5.10 Å². The van der Waals surface area contributed by atoms with E-state index in [0.29, 0.717) is 5.69 Å². The Bertz CT molecular complexity index is 321. The summed E-state index contributed by atoms with van der Waals surface area (Å²) in [6.07, 6.45) is 2.95. The number of carbonyl (C=O) groups excluding carboxylic acids is 1. The van der Waals surface area contributed by atoms with Gasteiger partial charge in [0.15, 0.2) is 0 Å². The van der Waals surface area contributed by atoms with Gasteiger partial charge in [0.05, 0.1) is 31.1 Å². The van der Waals surface area contributed by atoms with Crippen LogP contribution >= 0.6 is 0 Å². The summed E-state index contributed by atoms with van der Waals surface area (Å²) in [5.74, 6) is -0.341. The van der Waals surface area contributed by atoms with E-state index in [-0.39, 0.29) is 25.7 Å². The van der Waals surface area contributed by atoms with Crippen LogP contribution in [0.4, 0.5) is 5.69 Å². The molecule has 0 aliphatic heterocycles. The second-order valence-electron chi connectivity index (χ2n) is 3.10. The van der Waals surface area contributed by atoms with Gasteiger partial charge in [0.25, 0.3) is 0 Å². The highest BCUT2D eigenvalue weighted by Crippen LogP contribution is 1.97. The van der Waals surface area contributed by atoms with Gasteiger partial charge in [-0.25, -0.2) is 0 Å². The molecule has 0 fully saturated rings. The molecule has 0 radical (unpaired) electrons. The number of aliphatic hydroxyl groups excluding tert-OH is 2. The van der Waals surface area contributed by atoms with Gasteiger partial charge in [-0.05, 0) is 0 Å². The van der Waals surface area contributed by atoms with Crippen LogP contribution in [0.3, 0.4) is 0 Å². The van der Waals surface area contributed by atoms with Crippen molar-refractivity contribution in [3.63, 3.8) is 0 Å². The number of hydrogen-bond donors (Lipinski definition) is 4. The van der Waals surface area contributed by atoms with E-state index in [2.05, 4.69) is 10.4 Å². The number of nitrogens with zero attached hydrogens (tertiary/aromatic N) is 2. The molecule has 0 aliphatic rings. The summed E-state index contributed by atoms with van der Waals surface area (Å²) < 4.78 is 1.37. The minimum atomic E-state index is -0.634. The molecule has 0 aliphatic carbocycles. The first-order valence-corrected chi connectivity index (χ1v) is 4.44. The fraction of sp³-hybridized carbons (Fsp3) is 0.500. The number of aliphatic hydroxyl groups is 2. The smallest absolute Gasteiger partial charge is 0.242 e. The SMILES string of the molecule is Nc1cnn(CC(=O)NC(CO)CO)c1. The highest BCUT2D eigenvalue weighted by Gasteiger charge is 2.10. The predicted octanol–water partition coefficient (Wildman–Crippen LogP) is -2.07. The summed E-state index contributed by atoms with van der Waals surface area (Å²) in [6.45, 7) is -0.597. The quantitative estimate of drug-likeness (QED) is 0.450. The van der Waals surface area contributed by atoms with Crippen molar-refractivity contribution in [2.75, 3.05) is 18.9 Å². The lowest BCUT2D eigenvalue weighted by Gasteiger charge is -2.12. The van der Waals surface area contributed by atoms with Crippen LogP contribution in [0.25, 0.3) is 0 Å². The van der Waals surface area contributed by atoms with Crippen LogP contribution in [0, 0.1) is 0 Å². The normalized spacial score (nSPS) is 10.6. The van der Waals surface area contributed by atoms with E-state index in [1.165, 1.54) is 17.1 Å². The Morgan fingerprint density at radius 3 is 2.73 bits per heavy atom. The highest BCUT2D eigenvalue weighted by atomic mass is 16.3. The van der Waals surface area contributed by atoms with Gasteiger partial charge in [-0.15, -0.1) is 0 Å². The van der Waals surface area contributed by atoms with E-state index in [9.17, 15) is 4.79 Å². The number of hydrogen-bond acceptors (Lipinski definition) is 5. The van der Waals surface area contributed by atoms with Crippen molar-refractivity contribution in [1.29, 1.82) is 0 Å². The fourth-order valence-corrected chi connectivity index (χ4v) is 1.04. The zero-order chi connectivity index (χ0) is 11.3. The Balaban J connectivity index is 2.42. The van der Waals surface area contributed by atoms with Crippen LogP contribution in [0.2, 0.25) is 0 Å². The molecular weight excluding hydrogens is 200 g/mol. The van der Waals surface area contributed by atoms with E-state index in [0.717, 1.165) is 0 Å². The standard InChI is InChI=1S/C8H14N4O3/c9-6-1-10-12(2-6)3-8(15)11-7(4-13)5-14/h1-2,7,13-14H,3-5,9H2,(H,11,15). The molecule has 0 bridgehead atoms. The summed E-state index contributed by atoms with van der Waals surface area (Å²) in [6, 6.07) is -0.634. The molecular formula is C8H14N4O3. The minimum Gasteiger partial charge on any atom is -0.396 e. The van der Waals surface area contributed by atoms with Crippen molar-refractivity contribution in [2.24, 2.45) is 0 Å². The van der Waals surface area contributed by atoms with Gasteiger partial charge < -0.3 is 21.3 Å². The summed E-state index contributed by atoms with van der Waals surface area (Å²) >= 11 is 0. The second kappa shape index (κ2) is 5.32. The van der Waals surface area contributed by atoms with Crippen LogP contribution in [0.5, 0.6) is 0 Å². The Labute approximate surface area is 86.5 Å². The summed E-state index contributed by atoms with van der Waals surface area (Å²) in [5, 5.41) is 23.7. The molecule has 1 aromatic heterocycles. The third-order valence-electron chi connectivity index (χ3n) is 1.76. The molecule has 84 valence electrons. The summed E-state index contributed by atoms with van der Waals surface area (Å²) in [4.78, 5) is 11.3. The lowest BCUT2D eigenvalue weighted by atomic mass is 10.3. The first-order valence-electron chi connectivity index (χ1n) is 4.44. The topological polar surface area (TPSA) is 113 Å². The van der Waals surface area contributed by atoms with Gasteiger partial charge in [0.1, 0.15) is 6.54 Å². The first-order chi connectivity index (χ1) is 7.15. The van der Waals surface area contributed by atoms with Gasteiger partial charge in [0, 0.05) is 6.20 Å². The van der Waals surface area contributed by atoms with Crippen molar-refractivity contribution >= 4 is 11.6 Å². The Morgan fingerprint density at radius 2 is 2.27 bits per heavy atom. The second-order valence-corrected chi connectivity index (χ2v) is 3.10. The highest BCUT2D eigenvalue weighted by molar-refractivity contribution is 5.76. The monoisotopic (exact) mass is 214 g/mol. The van der Waals surface area contributed by atoms with E-state index in [1.807, 2.05) is 0 Å². The van der Waals surface area contributed by atoms with E-state index >= 15 is 0 Å². The minimum absolute atomic E-state index is 0.00764. The van der Waals surface area contributed by atoms with Crippen molar-refractivity contribution in [3.8, 4) is 0 Å². The lowest BCUT2D eigenvalue weighted by Crippen LogP contribution is -2.41. The Morgan fingerprint density at radius 1 is 1.60 bits per heavy atom. The van der Waals surface area contributed by atoms with Crippen molar-refractivity contribution in [1.82, 2.24) is 15.1 Å². The Kier molecular flexibility index (Phi) is 4.07. The number of carbonyl (C=O) groups is 1. The molecule has 7 nitrogen and oxygen atoms in total. The van der Waals surface area contributed by atoms with Gasteiger partial charge in [-0.1, -0.05) is 0 Å². The number of aromatic nitrogens is 2. The third kappa shape index (κ3) is 3.56. The van der Waals surface area contributed by atoms with Crippen LogP contribution in [-0.4, -0.2) is 45.2 Å². The number of nitrogen functional groups attached to an aromatic ring is 1. The van der Waals surface area contributed by atoms with Crippen molar-refractivity contribution in [2.45, 2.75) is 12.6 Å². The van der Waals surface area contributed by atoms with E-state index in [1.54, 1.807) is 0 Å². The Hall–Kier alpha value is -1.60. The maximum atomic E-state index is 11.3. The molecule has 1 amide bonds. The van der Waals surface area contributed by atoms with Gasteiger partial charge >= 0.3 is 0 Å². The van der Waals surface area contributed by atoms with Crippen molar-refractivity contribution in [3.05, 3.63) is 12.4 Å². The third-order valence-corrected chi connectivity index (χ3v) is 1.76. The molecule has 0 atom stereocenters. The number of rotatable bonds is 5. The number of anilines is 1. The molecule has 0 saturated heterocycles. The van der Waals surface area contributed by atoms with Crippen molar-refractivity contribution < 1.29 is 15.0 Å². The van der Waals surface area contributed by atoms with Crippen LogP contribution in [0.1, 0.15) is 0 Å². The van der Waals surface area contributed by atoms with E-state index in [4.69, 9.17) is 15.9 Å². The first kappa shape index (κ1) is 11.5. The molecule has 15 heavy (non-hydrogen) atoms. The maximum absolute atomic E-state index is 11.3. The zero-order valence-electron chi connectivity index (χ0n) is 8.13. The average Bonchev–Trinajstić information content (AvgIpc) is 2.60. The molecule has 7 heteroatoms. The number of nitrogens with one attached hydrogen (secondary N) is 1. The molecule has 0 spiro atoms.